The zero-order valence-electron chi connectivity index (χ0n) is 18.1. The van der Waals surface area contributed by atoms with Crippen molar-refractivity contribution >= 4 is 21.6 Å². The fourth-order valence-electron chi connectivity index (χ4n) is 3.33. The summed E-state index contributed by atoms with van der Waals surface area (Å²) in [6, 6.07) is 15.4. The highest BCUT2D eigenvalue weighted by Crippen LogP contribution is 2.28. The first kappa shape index (κ1) is 22.5. The third-order valence-electron chi connectivity index (χ3n) is 5.34. The summed E-state index contributed by atoms with van der Waals surface area (Å²) in [7, 11) is -0.565. The van der Waals surface area contributed by atoms with Gasteiger partial charge in [-0.2, -0.15) is 0 Å². The van der Waals surface area contributed by atoms with Crippen LogP contribution in [-0.4, -0.2) is 50.2 Å². The zero-order valence-corrected chi connectivity index (χ0v) is 18.9. The number of hydrogen-bond donors (Lipinski definition) is 1. The van der Waals surface area contributed by atoms with Crippen LogP contribution in [0.1, 0.15) is 43.7 Å². The Bertz CT molecular complexity index is 981. The lowest BCUT2D eigenvalue weighted by molar-refractivity contribution is -0.117. The average Bonchev–Trinajstić information content (AvgIpc) is 3.53. The molecule has 1 aliphatic rings. The van der Waals surface area contributed by atoms with Gasteiger partial charge in [0.15, 0.2) is 0 Å². The predicted octanol–water partition coefficient (Wildman–Crippen LogP) is 3.66. The number of sulfonamides is 1. The van der Waals surface area contributed by atoms with Crippen molar-refractivity contribution in [1.82, 2.24) is 9.21 Å². The van der Waals surface area contributed by atoms with E-state index in [0.29, 0.717) is 17.6 Å². The highest BCUT2D eigenvalue weighted by Gasteiger charge is 2.30. The molecule has 1 N–H and O–H groups in total. The predicted molar refractivity (Wildman–Crippen MR) is 120 cm³/mol. The molecule has 0 radical (unpaired) electrons. The summed E-state index contributed by atoms with van der Waals surface area (Å²) in [6.07, 6.45) is 2.21. The summed E-state index contributed by atoms with van der Waals surface area (Å²) in [4.78, 5) is 15.0. The molecule has 1 saturated carbocycles. The van der Waals surface area contributed by atoms with Gasteiger partial charge < -0.3 is 5.32 Å². The van der Waals surface area contributed by atoms with Gasteiger partial charge in [-0.15, -0.1) is 0 Å². The molecule has 0 spiro atoms. The molecule has 162 valence electrons. The standard InChI is InChI=1S/C23H31N3O3S/c1-17(2)19-10-8-18(9-11-19)15-26(21-12-13-21)16-23(27)24-20-6-5-7-22(14-20)30(28,29)25(3)4/h5-11,14,17,21H,12-13,15-16H2,1-4H3,(H,24,27). The largest absolute Gasteiger partial charge is 0.325 e. The van der Waals surface area contributed by atoms with Crippen molar-refractivity contribution < 1.29 is 13.2 Å². The van der Waals surface area contributed by atoms with E-state index in [9.17, 15) is 13.2 Å². The van der Waals surface area contributed by atoms with E-state index in [2.05, 4.69) is 48.3 Å². The monoisotopic (exact) mass is 429 g/mol. The van der Waals surface area contributed by atoms with Gasteiger partial charge in [-0.05, 0) is 48.1 Å². The van der Waals surface area contributed by atoms with E-state index in [1.165, 1.54) is 37.4 Å². The molecule has 0 unspecified atom stereocenters. The molecule has 2 aromatic carbocycles. The van der Waals surface area contributed by atoms with Crippen LogP contribution in [0.25, 0.3) is 0 Å². The fraction of sp³-hybridized carbons (Fsp3) is 0.435. The van der Waals surface area contributed by atoms with Crippen molar-refractivity contribution in [1.29, 1.82) is 0 Å². The summed E-state index contributed by atoms with van der Waals surface area (Å²) in [6.45, 7) is 5.36. The summed E-state index contributed by atoms with van der Waals surface area (Å²) in [5.74, 6) is 0.358. The molecule has 0 heterocycles. The van der Waals surface area contributed by atoms with Crippen molar-refractivity contribution in [2.24, 2.45) is 0 Å². The van der Waals surface area contributed by atoms with Gasteiger partial charge in [-0.3, -0.25) is 9.69 Å². The summed E-state index contributed by atoms with van der Waals surface area (Å²) in [5.41, 5.74) is 2.99. The number of benzene rings is 2. The first-order chi connectivity index (χ1) is 14.2. The average molecular weight is 430 g/mol. The van der Waals surface area contributed by atoms with Gasteiger partial charge in [0.2, 0.25) is 15.9 Å². The zero-order chi connectivity index (χ0) is 21.9. The molecule has 0 aromatic heterocycles. The Balaban J connectivity index is 1.65. The molecule has 7 heteroatoms. The van der Waals surface area contributed by atoms with Crippen LogP contribution in [0.2, 0.25) is 0 Å². The molecule has 3 rings (SSSR count). The van der Waals surface area contributed by atoms with E-state index in [0.717, 1.165) is 23.7 Å². The van der Waals surface area contributed by atoms with Gasteiger partial charge in [0, 0.05) is 32.4 Å². The molecule has 0 saturated heterocycles. The van der Waals surface area contributed by atoms with Crippen LogP contribution < -0.4 is 5.32 Å². The number of carbonyl (C=O) groups excluding carboxylic acids is 1. The van der Waals surface area contributed by atoms with Crippen molar-refractivity contribution in [3.8, 4) is 0 Å². The second-order valence-electron chi connectivity index (χ2n) is 8.40. The van der Waals surface area contributed by atoms with E-state index in [1.54, 1.807) is 12.1 Å². The Hall–Kier alpha value is -2.22. The van der Waals surface area contributed by atoms with Crippen LogP contribution in [-0.2, 0) is 21.4 Å². The molecule has 6 nitrogen and oxygen atoms in total. The molecule has 0 aliphatic heterocycles. The van der Waals surface area contributed by atoms with Crippen molar-refractivity contribution in [2.75, 3.05) is 26.0 Å². The number of hydrogen-bond acceptors (Lipinski definition) is 4. The minimum Gasteiger partial charge on any atom is -0.325 e. The normalized spacial score (nSPS) is 14.5. The number of rotatable bonds is 9. The van der Waals surface area contributed by atoms with Gasteiger partial charge >= 0.3 is 0 Å². The fourth-order valence-corrected chi connectivity index (χ4v) is 4.27. The minimum absolute atomic E-state index is 0.139. The van der Waals surface area contributed by atoms with Crippen LogP contribution in [0.5, 0.6) is 0 Å². The van der Waals surface area contributed by atoms with Gasteiger partial charge in [0.1, 0.15) is 0 Å². The maximum atomic E-state index is 12.7. The summed E-state index contributed by atoms with van der Waals surface area (Å²) < 4.78 is 25.8. The molecule has 1 fully saturated rings. The van der Waals surface area contributed by atoms with E-state index in [1.807, 2.05) is 0 Å². The van der Waals surface area contributed by atoms with Crippen molar-refractivity contribution in [3.63, 3.8) is 0 Å². The maximum Gasteiger partial charge on any atom is 0.242 e. The lowest BCUT2D eigenvalue weighted by Gasteiger charge is -2.22. The third-order valence-corrected chi connectivity index (χ3v) is 7.15. The molecule has 0 atom stereocenters. The second-order valence-corrected chi connectivity index (χ2v) is 10.5. The molecular formula is C23H31N3O3S. The van der Waals surface area contributed by atoms with Crippen LogP contribution in [0, 0.1) is 0 Å². The second kappa shape index (κ2) is 9.29. The van der Waals surface area contributed by atoms with Crippen LogP contribution in [0.3, 0.4) is 0 Å². The maximum absolute atomic E-state index is 12.7. The lowest BCUT2D eigenvalue weighted by atomic mass is 10.0. The van der Waals surface area contributed by atoms with E-state index in [-0.39, 0.29) is 17.3 Å². The van der Waals surface area contributed by atoms with Crippen molar-refractivity contribution in [2.45, 2.75) is 50.1 Å². The Morgan fingerprint density at radius 1 is 1.10 bits per heavy atom. The Morgan fingerprint density at radius 2 is 1.77 bits per heavy atom. The summed E-state index contributed by atoms with van der Waals surface area (Å²) in [5, 5.41) is 2.85. The summed E-state index contributed by atoms with van der Waals surface area (Å²) >= 11 is 0. The molecule has 1 amide bonds. The highest BCUT2D eigenvalue weighted by atomic mass is 32.2. The van der Waals surface area contributed by atoms with Crippen LogP contribution >= 0.6 is 0 Å². The smallest absolute Gasteiger partial charge is 0.242 e. The number of nitrogens with one attached hydrogen (secondary N) is 1. The molecule has 2 aromatic rings. The SMILES string of the molecule is CC(C)c1ccc(CN(CC(=O)Nc2cccc(S(=O)(=O)N(C)C)c2)C2CC2)cc1. The third kappa shape index (κ3) is 5.68. The lowest BCUT2D eigenvalue weighted by Crippen LogP contribution is -2.34. The van der Waals surface area contributed by atoms with Crippen LogP contribution in [0.15, 0.2) is 53.4 Å². The molecule has 30 heavy (non-hydrogen) atoms. The van der Waals surface area contributed by atoms with Crippen molar-refractivity contribution in [3.05, 3.63) is 59.7 Å². The van der Waals surface area contributed by atoms with Gasteiger partial charge in [-0.25, -0.2) is 12.7 Å². The van der Waals surface area contributed by atoms with Gasteiger partial charge in [0.05, 0.1) is 11.4 Å². The number of carbonyl (C=O) groups is 1. The van der Waals surface area contributed by atoms with E-state index >= 15 is 0 Å². The topological polar surface area (TPSA) is 69.7 Å². The molecule has 0 bridgehead atoms. The van der Waals surface area contributed by atoms with Gasteiger partial charge in [0.25, 0.3) is 0 Å². The first-order valence-electron chi connectivity index (χ1n) is 10.3. The number of amides is 1. The molecule has 1 aliphatic carbocycles. The molecular weight excluding hydrogens is 398 g/mol. The highest BCUT2D eigenvalue weighted by molar-refractivity contribution is 7.89. The Kier molecular flexibility index (Phi) is 6.95. The minimum atomic E-state index is -3.54. The quantitative estimate of drug-likeness (QED) is 0.660. The Morgan fingerprint density at radius 3 is 2.33 bits per heavy atom. The van der Waals surface area contributed by atoms with Crippen LogP contribution in [0.4, 0.5) is 5.69 Å². The Labute approximate surface area is 179 Å². The van der Waals surface area contributed by atoms with Gasteiger partial charge in [-0.1, -0.05) is 44.2 Å². The van der Waals surface area contributed by atoms with E-state index < -0.39 is 10.0 Å². The van der Waals surface area contributed by atoms with E-state index in [4.69, 9.17) is 0 Å². The first-order valence-corrected chi connectivity index (χ1v) is 11.8. The number of nitrogens with zero attached hydrogens (tertiary/aromatic N) is 2. The number of anilines is 1.